The molecule has 4 aromatic rings. The van der Waals surface area contributed by atoms with Gasteiger partial charge in [-0.15, -0.1) is 17.8 Å². The molecule has 0 saturated heterocycles. The van der Waals surface area contributed by atoms with Crippen LogP contribution in [0.2, 0.25) is 0 Å². The molecular weight excluding hydrogens is 1890 g/mol. The Labute approximate surface area is 860 Å². The summed E-state index contributed by atoms with van der Waals surface area (Å²) in [6, 6.07) is 12.6. The fourth-order valence-electron chi connectivity index (χ4n) is 15.3. The van der Waals surface area contributed by atoms with Crippen LogP contribution in [0, 0.1) is 20.3 Å². The molecule has 741 valence electrons. The van der Waals surface area contributed by atoms with Crippen LogP contribution in [0.1, 0.15) is 223 Å². The summed E-state index contributed by atoms with van der Waals surface area (Å²) in [4.78, 5) is 177. The molecule has 4 heterocycles. The first-order valence-corrected chi connectivity index (χ1v) is 45.9. The van der Waals surface area contributed by atoms with Gasteiger partial charge in [-0.1, -0.05) is 76.0 Å². The number of aromatic nitrogens is 4. The molecule has 4 radical (unpaired) electrons. The Morgan fingerprint density at radius 3 is 0.925 bits per heavy atom. The molecule has 134 heavy (non-hydrogen) atoms. The Morgan fingerprint density at radius 1 is 0.425 bits per heavy atom. The average Bonchev–Trinajstić information content (AvgIpc) is 0.823. The number of aliphatic carboxylic acids is 6. The Balaban J connectivity index is -0.000000519. The van der Waals surface area contributed by atoms with Crippen LogP contribution < -0.4 is 59.1 Å². The number of hydrogen-bond acceptors (Lipinski definition) is 31. The van der Waals surface area contributed by atoms with E-state index >= 15 is 0 Å². The summed E-state index contributed by atoms with van der Waals surface area (Å²) in [5, 5.41) is 90.2. The molecule has 4 unspecified atom stereocenters. The number of pyridine rings is 4. The molecular formula is C90H137BCl2Mn2N11Na2O26. The van der Waals surface area contributed by atoms with Crippen LogP contribution >= 0.6 is 20.2 Å². The van der Waals surface area contributed by atoms with E-state index in [1.807, 2.05) is 63.5 Å². The van der Waals surface area contributed by atoms with E-state index < -0.39 is 73.2 Å². The second kappa shape index (κ2) is 73.6. The topological polar surface area (TPSA) is 526 Å². The zero-order valence-corrected chi connectivity index (χ0v) is 87.7. The zero-order chi connectivity index (χ0) is 98.4. The third kappa shape index (κ3) is 59.7. The van der Waals surface area contributed by atoms with E-state index in [-0.39, 0.29) is 255 Å². The van der Waals surface area contributed by atoms with Gasteiger partial charge in [-0.2, -0.15) is 12.5 Å². The van der Waals surface area contributed by atoms with E-state index in [4.69, 9.17) is 45.0 Å². The number of ether oxygens (including phenoxy) is 3. The van der Waals surface area contributed by atoms with Crippen LogP contribution in [-0.2, 0) is 141 Å². The van der Waals surface area contributed by atoms with Gasteiger partial charge in [0.25, 0.3) is 0 Å². The molecule has 0 aromatic carbocycles. The second-order valence-electron chi connectivity index (χ2n) is 33.6. The minimum absolute atomic E-state index is 0. The molecule has 44 heteroatoms. The molecule has 4 fully saturated rings. The smallest absolute Gasteiger partial charge is 1.00 e. The van der Waals surface area contributed by atoms with Crippen LogP contribution in [0.3, 0.4) is 0 Å². The van der Waals surface area contributed by atoms with Crippen LogP contribution in [0.5, 0.6) is 0 Å². The van der Waals surface area contributed by atoms with Crippen molar-refractivity contribution in [2.24, 2.45) is 0 Å². The zero-order valence-electron chi connectivity index (χ0n) is 80.8. The molecule has 10 N–H and O–H groups in total. The maximum Gasteiger partial charge on any atom is 2.00 e. The van der Waals surface area contributed by atoms with Crippen molar-refractivity contribution in [2.75, 3.05) is 86.2 Å². The summed E-state index contributed by atoms with van der Waals surface area (Å²) < 4.78 is 15.3. The minimum Gasteiger partial charge on any atom is -1.00 e. The molecule has 4 aliphatic carbocycles. The number of aliphatic hydroxyl groups is 4. The van der Waals surface area contributed by atoms with Crippen molar-refractivity contribution >= 4 is 105 Å². The summed E-state index contributed by atoms with van der Waals surface area (Å²) in [5.41, 5.74) is 4.07. The Bertz CT molecular complexity index is 3950. The summed E-state index contributed by atoms with van der Waals surface area (Å²) in [7, 11) is 11.9. The molecule has 8 rings (SSSR count). The number of rotatable bonds is 39. The SMILES string of the molecule is CC(=O)CN(CC(=O)OC(C)(C)C)C1CCCC[C@@H]1N(CC(C)=O)Cc1ccc(CO)cn1.CC(=O)CN(CC(=O)OC(C)(C)C)C1[CH-]CCCC1.CO.O=C(O)CN(CC(=O)O)C1CCCC[C@@H]1N(CC(=O)O)Cc1ccc(CO)cn1.O=C(O)CN(CC(=O)O)C1CCCC[C@@H]1N(CC(=O)O)Cc1ccc(CO)cn1.[B].[CH2-]C(C)=O.[CH2-]c1ccc(C(=O)OC)cn1.[Cl][Mn][Cl].[H-].[Mn+2].[Na+].[Na+]. The number of hydrogen-bond donors (Lipinski definition) is 10. The molecule has 0 amide bonds. The number of Topliss-reactive ketones (excluding diaryl/α,β-unsaturated/α-hetero) is 4. The number of halogens is 2. The Hall–Kier alpha value is -6.51. The number of carboxylic acids is 6. The predicted octanol–water partition coefficient (Wildman–Crippen LogP) is 1.54. The first-order valence-electron chi connectivity index (χ1n) is 42.6. The maximum absolute atomic E-state index is 12.6. The van der Waals surface area contributed by atoms with Gasteiger partial charge in [0, 0.05) is 96.2 Å². The first-order chi connectivity index (χ1) is 61.2. The van der Waals surface area contributed by atoms with Gasteiger partial charge >= 0.3 is 163 Å². The number of nitrogens with zero attached hydrogens (tertiary/aromatic N) is 11. The van der Waals surface area contributed by atoms with Crippen molar-refractivity contribution in [3.8, 4) is 0 Å². The normalized spacial score (nSPS) is 17.1. The summed E-state index contributed by atoms with van der Waals surface area (Å²) in [5.74, 6) is -7.49. The number of aliphatic hydroxyl groups excluding tert-OH is 4. The average molecular weight is 2030 g/mol. The van der Waals surface area contributed by atoms with Gasteiger partial charge < -0.3 is 89.7 Å². The number of carbonyl (C=O) groups is 13. The minimum atomic E-state index is -1.12. The molecule has 4 aliphatic rings. The summed E-state index contributed by atoms with van der Waals surface area (Å²) in [6.45, 7) is 23.1. The predicted molar refractivity (Wildman–Crippen MR) is 485 cm³/mol. The van der Waals surface area contributed by atoms with Gasteiger partial charge in [-0.3, -0.25) is 102 Å². The Kier molecular flexibility index (Phi) is 73.5. The van der Waals surface area contributed by atoms with E-state index in [1.165, 1.54) is 55.8 Å². The fraction of sp³-hybridized carbons (Fsp3) is 0.600. The van der Waals surface area contributed by atoms with Gasteiger partial charge in [-0.05, 0) is 148 Å². The van der Waals surface area contributed by atoms with Gasteiger partial charge in [0.2, 0.25) is 0 Å². The van der Waals surface area contributed by atoms with Gasteiger partial charge in [-0.25, -0.2) is 11.7 Å². The molecule has 4 saturated carbocycles. The van der Waals surface area contributed by atoms with Crippen LogP contribution in [0.4, 0.5) is 0 Å². The molecule has 4 aromatic heterocycles. The Morgan fingerprint density at radius 2 is 0.687 bits per heavy atom. The largest absolute Gasteiger partial charge is 2.00 e. The van der Waals surface area contributed by atoms with E-state index in [0.717, 1.165) is 89.0 Å². The maximum atomic E-state index is 12.6. The third-order valence-electron chi connectivity index (χ3n) is 20.1. The monoisotopic (exact) mass is 2020 g/mol. The van der Waals surface area contributed by atoms with Crippen LogP contribution in [-0.4, -0.2) is 330 Å². The summed E-state index contributed by atoms with van der Waals surface area (Å²) in [6.07, 6.45) is 22.3. The van der Waals surface area contributed by atoms with E-state index in [1.54, 1.807) is 66.2 Å². The first kappa shape index (κ1) is 134. The van der Waals surface area contributed by atoms with Crippen molar-refractivity contribution in [1.82, 2.24) is 54.2 Å². The number of ketones is 4. The molecule has 7 atom stereocenters. The third-order valence-corrected chi connectivity index (χ3v) is 20.1. The van der Waals surface area contributed by atoms with Crippen molar-refractivity contribution < 1.29 is 218 Å². The standard InChI is InChI=1S/C25H39N3O5.2C19H27N3O7.C15H26NO3.C8H8NO2.C3H5O.CH4O.B.2ClH.2Mn.2Na.H/c1-18(30)13-27(15-21-11-10-20(17-29)12-26-21)22-8-6-7-9-23(22)28(14-19(2)31)16-24(32)33-25(3,4)5;2*23-12-13-5-6-14(20-7-13)8-21(9-17(24)25)15-3-1-2-4-16(15)22(10-18(26)27)11-19(28)29;1-12(17)10-16(13-8-6-5-7-9-13)11-14(18)19-15(2,3)4;1-6-3-4-7(5-9-6)8(10)11-2;1-3(2)4;1-2;;;;;;;;/h10-12,22-23,29H,6-9,13-17H2,1-5H3;2*5-7,15-16,23H,1-4,8-12H2,(H,24,25)(H,26,27)(H,28,29);8,13H,5-7,9-11H2,1-4H3;3-5H,1H2,2H3;1H2,2H3;2H,1H3;;2*1H;;;;;/q;;;3*-1;;;;;2*+2;2*+1;-1/p-2/t22-,23?;2*15-,16?;;;;;;;;;;;;/m000............/s1. The van der Waals surface area contributed by atoms with Crippen LogP contribution in [0.15, 0.2) is 73.3 Å². The molecule has 0 spiro atoms. The number of methoxy groups -OCH3 is 1. The van der Waals surface area contributed by atoms with E-state index in [0.29, 0.717) is 72.5 Å². The molecule has 0 bridgehead atoms. The number of esters is 3. The van der Waals surface area contributed by atoms with E-state index in [9.17, 15) is 98.1 Å². The second-order valence-corrected chi connectivity index (χ2v) is 35.5. The molecule has 37 nitrogen and oxygen atoms in total. The van der Waals surface area contributed by atoms with Crippen LogP contribution in [0.25, 0.3) is 0 Å². The van der Waals surface area contributed by atoms with Gasteiger partial charge in [0.05, 0.1) is 122 Å². The quantitative estimate of drug-likeness (QED) is 0.0131. The van der Waals surface area contributed by atoms with Gasteiger partial charge in [0.15, 0.2) is 0 Å². The van der Waals surface area contributed by atoms with Crippen molar-refractivity contribution in [2.45, 2.75) is 265 Å². The van der Waals surface area contributed by atoms with Crippen molar-refractivity contribution in [3.63, 3.8) is 0 Å². The summed E-state index contributed by atoms with van der Waals surface area (Å²) >= 11 is 0.00694. The fourth-order valence-corrected chi connectivity index (χ4v) is 15.3. The van der Waals surface area contributed by atoms with Crippen molar-refractivity contribution in [1.29, 1.82) is 0 Å². The van der Waals surface area contributed by atoms with E-state index in [2.05, 4.69) is 49.8 Å². The molecule has 0 aliphatic heterocycles. The van der Waals surface area contributed by atoms with Crippen molar-refractivity contribution in [3.05, 3.63) is 139 Å². The number of carboxylic acid groups (broad SMARTS) is 6. The van der Waals surface area contributed by atoms with Gasteiger partial charge in [0.1, 0.15) is 28.6 Å². The number of carbonyl (C=O) groups excluding carboxylic acids is 7.